The molecule has 3 heteroatoms. The molecule has 88 valence electrons. The van der Waals surface area contributed by atoms with Gasteiger partial charge in [-0.15, -0.1) is 11.6 Å². The molecule has 1 aliphatic carbocycles. The normalized spacial score (nSPS) is 19.9. The summed E-state index contributed by atoms with van der Waals surface area (Å²) in [5, 5.41) is 10.1. The molecule has 0 unspecified atom stereocenters. The molecule has 0 aromatic heterocycles. The zero-order valence-corrected chi connectivity index (χ0v) is 10.2. The van der Waals surface area contributed by atoms with E-state index in [1.54, 1.807) is 7.11 Å². The smallest absolute Gasteiger partial charge is 0.122 e. The second-order valence-corrected chi connectivity index (χ2v) is 4.69. The molecule has 1 aromatic rings. The summed E-state index contributed by atoms with van der Waals surface area (Å²) in [4.78, 5) is 0. The van der Waals surface area contributed by atoms with E-state index in [0.29, 0.717) is 0 Å². The van der Waals surface area contributed by atoms with Gasteiger partial charge in [-0.3, -0.25) is 0 Å². The van der Waals surface area contributed by atoms with E-state index < -0.39 is 6.10 Å². The second kappa shape index (κ2) is 4.64. The molecule has 1 aliphatic rings. The van der Waals surface area contributed by atoms with Gasteiger partial charge in [0.25, 0.3) is 0 Å². The van der Waals surface area contributed by atoms with Crippen LogP contribution in [0.15, 0.2) is 24.3 Å². The highest BCUT2D eigenvalue weighted by Crippen LogP contribution is 2.49. The van der Waals surface area contributed by atoms with Crippen molar-refractivity contribution in [1.82, 2.24) is 0 Å². The summed E-state index contributed by atoms with van der Waals surface area (Å²) in [6, 6.07) is 7.91. The highest BCUT2D eigenvalue weighted by atomic mass is 35.5. The van der Waals surface area contributed by atoms with Crippen molar-refractivity contribution in [3.63, 3.8) is 0 Å². The molecule has 0 amide bonds. The summed E-state index contributed by atoms with van der Waals surface area (Å²) < 4.78 is 5.37. The maximum Gasteiger partial charge on any atom is 0.122 e. The highest BCUT2D eigenvalue weighted by molar-refractivity contribution is 6.18. The van der Waals surface area contributed by atoms with Crippen LogP contribution in [-0.4, -0.2) is 24.2 Å². The Morgan fingerprint density at radius 3 is 2.62 bits per heavy atom. The number of alkyl halides is 1. The van der Waals surface area contributed by atoms with Gasteiger partial charge in [0.05, 0.1) is 13.2 Å². The molecular weight excluding hydrogens is 224 g/mol. The second-order valence-electron chi connectivity index (χ2n) is 4.38. The van der Waals surface area contributed by atoms with Crippen LogP contribution >= 0.6 is 11.6 Å². The van der Waals surface area contributed by atoms with Gasteiger partial charge < -0.3 is 9.84 Å². The molecule has 0 bridgehead atoms. The standard InChI is InChI=1S/C13H17ClO2/c1-16-11-6-3-2-5-10(11)13(7-4-8-13)12(15)9-14/h2-3,5-6,12,15H,4,7-9H2,1H3/t12-/m1/s1. The van der Waals surface area contributed by atoms with Gasteiger partial charge >= 0.3 is 0 Å². The van der Waals surface area contributed by atoms with Crippen molar-refractivity contribution in [2.24, 2.45) is 0 Å². The number of rotatable bonds is 4. The molecule has 0 aliphatic heterocycles. The van der Waals surface area contributed by atoms with Crippen molar-refractivity contribution < 1.29 is 9.84 Å². The van der Waals surface area contributed by atoms with E-state index in [-0.39, 0.29) is 11.3 Å². The Bertz CT molecular complexity index is 361. The molecule has 1 saturated carbocycles. The van der Waals surface area contributed by atoms with E-state index in [1.807, 2.05) is 24.3 Å². The first-order chi connectivity index (χ1) is 7.74. The first kappa shape index (κ1) is 11.7. The molecule has 16 heavy (non-hydrogen) atoms. The number of benzene rings is 1. The van der Waals surface area contributed by atoms with Crippen LogP contribution in [0.3, 0.4) is 0 Å². The van der Waals surface area contributed by atoms with Gasteiger partial charge in [-0.1, -0.05) is 24.6 Å². The SMILES string of the molecule is COc1ccccc1C1([C@H](O)CCl)CCC1. The molecular formula is C13H17ClO2. The zero-order valence-electron chi connectivity index (χ0n) is 9.45. The number of methoxy groups -OCH3 is 1. The Hall–Kier alpha value is -0.730. The van der Waals surface area contributed by atoms with Crippen molar-refractivity contribution in [3.8, 4) is 5.75 Å². The highest BCUT2D eigenvalue weighted by Gasteiger charge is 2.46. The van der Waals surface area contributed by atoms with Crippen LogP contribution in [0.5, 0.6) is 5.75 Å². The molecule has 1 N–H and O–H groups in total. The summed E-state index contributed by atoms with van der Waals surface area (Å²) in [6.45, 7) is 0. The lowest BCUT2D eigenvalue weighted by atomic mass is 9.61. The van der Waals surface area contributed by atoms with Crippen LogP contribution < -0.4 is 4.74 Å². The van der Waals surface area contributed by atoms with Gasteiger partial charge in [-0.25, -0.2) is 0 Å². The molecule has 1 atom stereocenters. The fourth-order valence-corrected chi connectivity index (χ4v) is 2.84. The van der Waals surface area contributed by atoms with Crippen molar-refractivity contribution in [1.29, 1.82) is 0 Å². The van der Waals surface area contributed by atoms with E-state index in [2.05, 4.69) is 0 Å². The summed E-state index contributed by atoms with van der Waals surface area (Å²) in [5.74, 6) is 1.13. The molecule has 0 heterocycles. The minimum absolute atomic E-state index is 0.186. The van der Waals surface area contributed by atoms with E-state index in [1.165, 1.54) is 0 Å². The Morgan fingerprint density at radius 1 is 1.44 bits per heavy atom. The van der Waals surface area contributed by atoms with Crippen LogP contribution in [-0.2, 0) is 5.41 Å². The van der Waals surface area contributed by atoms with Crippen molar-refractivity contribution in [2.75, 3.05) is 13.0 Å². The average Bonchev–Trinajstić information content (AvgIpc) is 2.28. The Morgan fingerprint density at radius 2 is 2.12 bits per heavy atom. The van der Waals surface area contributed by atoms with Crippen LogP contribution in [0.4, 0.5) is 0 Å². The van der Waals surface area contributed by atoms with Gasteiger partial charge in [0.2, 0.25) is 0 Å². The maximum atomic E-state index is 10.1. The molecule has 0 saturated heterocycles. The van der Waals surface area contributed by atoms with Crippen molar-refractivity contribution in [3.05, 3.63) is 29.8 Å². The van der Waals surface area contributed by atoms with Crippen LogP contribution in [0.1, 0.15) is 24.8 Å². The molecule has 2 nitrogen and oxygen atoms in total. The summed E-state index contributed by atoms with van der Waals surface area (Å²) in [7, 11) is 1.66. The van der Waals surface area contributed by atoms with Crippen LogP contribution in [0.2, 0.25) is 0 Å². The number of halogens is 1. The predicted octanol–water partition coefficient (Wildman–Crippen LogP) is 2.72. The quantitative estimate of drug-likeness (QED) is 0.820. The molecule has 2 rings (SSSR count). The lowest BCUT2D eigenvalue weighted by molar-refractivity contribution is 0.0428. The fraction of sp³-hybridized carbons (Fsp3) is 0.538. The molecule has 0 spiro atoms. The number of para-hydroxylation sites is 1. The van der Waals surface area contributed by atoms with Gasteiger partial charge in [-0.05, 0) is 18.9 Å². The lowest BCUT2D eigenvalue weighted by Gasteiger charge is -2.46. The Kier molecular flexibility index (Phi) is 3.41. The third kappa shape index (κ3) is 1.70. The van der Waals surface area contributed by atoms with Crippen LogP contribution in [0, 0.1) is 0 Å². The largest absolute Gasteiger partial charge is 0.496 e. The minimum Gasteiger partial charge on any atom is -0.496 e. The number of ether oxygens (including phenoxy) is 1. The Labute approximate surface area is 101 Å². The van der Waals surface area contributed by atoms with Gasteiger partial charge in [0, 0.05) is 16.9 Å². The topological polar surface area (TPSA) is 29.5 Å². The van der Waals surface area contributed by atoms with Gasteiger partial charge in [0.15, 0.2) is 0 Å². The number of hydrogen-bond acceptors (Lipinski definition) is 2. The lowest BCUT2D eigenvalue weighted by Crippen LogP contribution is -2.46. The third-order valence-electron chi connectivity index (χ3n) is 3.67. The number of hydrogen-bond donors (Lipinski definition) is 1. The first-order valence-corrected chi connectivity index (χ1v) is 6.15. The Balaban J connectivity index is 2.40. The summed E-state index contributed by atoms with van der Waals surface area (Å²) >= 11 is 5.80. The van der Waals surface area contributed by atoms with Crippen molar-refractivity contribution in [2.45, 2.75) is 30.8 Å². The monoisotopic (exact) mass is 240 g/mol. The number of aliphatic hydroxyl groups is 1. The van der Waals surface area contributed by atoms with Crippen molar-refractivity contribution >= 4 is 11.6 Å². The van der Waals surface area contributed by atoms with Gasteiger partial charge in [0.1, 0.15) is 5.75 Å². The minimum atomic E-state index is -0.487. The van der Waals surface area contributed by atoms with E-state index >= 15 is 0 Å². The van der Waals surface area contributed by atoms with E-state index in [4.69, 9.17) is 16.3 Å². The predicted molar refractivity (Wildman–Crippen MR) is 65.2 cm³/mol. The van der Waals surface area contributed by atoms with Gasteiger partial charge in [-0.2, -0.15) is 0 Å². The van der Waals surface area contributed by atoms with E-state index in [9.17, 15) is 5.11 Å². The van der Waals surface area contributed by atoms with Crippen LogP contribution in [0.25, 0.3) is 0 Å². The summed E-state index contributed by atoms with van der Waals surface area (Å²) in [6.07, 6.45) is 2.63. The zero-order chi connectivity index (χ0) is 11.6. The molecule has 1 fully saturated rings. The first-order valence-electron chi connectivity index (χ1n) is 5.62. The average molecular weight is 241 g/mol. The van der Waals surface area contributed by atoms with E-state index in [0.717, 1.165) is 30.6 Å². The summed E-state index contributed by atoms with van der Waals surface area (Å²) in [5.41, 5.74) is 0.908. The third-order valence-corrected chi connectivity index (χ3v) is 3.97. The number of aliphatic hydroxyl groups excluding tert-OH is 1. The maximum absolute atomic E-state index is 10.1. The molecule has 0 radical (unpaired) electrons. The molecule has 1 aromatic carbocycles. The fourth-order valence-electron chi connectivity index (χ4n) is 2.54.